The molecule has 2 amide bonds. The van der Waals surface area contributed by atoms with Crippen LogP contribution in [-0.2, 0) is 9.59 Å². The number of nitrogens with zero attached hydrogens (tertiary/aromatic N) is 2. The first kappa shape index (κ1) is 15.3. The quantitative estimate of drug-likeness (QED) is 0.798. The Morgan fingerprint density at radius 2 is 2.13 bits per heavy atom. The van der Waals surface area contributed by atoms with Gasteiger partial charge in [-0.15, -0.1) is 0 Å². The number of carbonyl (C=O) groups is 2. The minimum Gasteiger partial charge on any atom is -0.480 e. The van der Waals surface area contributed by atoms with Gasteiger partial charge in [0.25, 0.3) is 0 Å². The van der Waals surface area contributed by atoms with Crippen molar-refractivity contribution in [1.29, 1.82) is 5.26 Å². The Morgan fingerprint density at radius 1 is 1.39 bits per heavy atom. The fourth-order valence-electron chi connectivity index (χ4n) is 2.65. The van der Waals surface area contributed by atoms with Crippen molar-refractivity contribution in [3.63, 3.8) is 0 Å². The third-order valence-electron chi connectivity index (χ3n) is 4.41. The lowest BCUT2D eigenvalue weighted by Crippen LogP contribution is -2.53. The zero-order valence-electron chi connectivity index (χ0n) is 12.9. The molecule has 7 heteroatoms. The van der Waals surface area contributed by atoms with Crippen molar-refractivity contribution >= 4 is 17.5 Å². The van der Waals surface area contributed by atoms with Gasteiger partial charge in [0.1, 0.15) is 17.0 Å². The molecule has 2 N–H and O–H groups in total. The van der Waals surface area contributed by atoms with Crippen molar-refractivity contribution in [3.05, 3.63) is 17.8 Å². The summed E-state index contributed by atoms with van der Waals surface area (Å²) in [5.74, 6) is -0.321. The van der Waals surface area contributed by atoms with E-state index < -0.39 is 5.41 Å². The first-order valence-corrected chi connectivity index (χ1v) is 7.65. The Kier molecular flexibility index (Phi) is 3.90. The lowest BCUT2D eigenvalue weighted by atomic mass is 9.67. The average Bonchev–Trinajstić information content (AvgIpc) is 3.29. The molecule has 0 radical (unpaired) electrons. The Morgan fingerprint density at radius 3 is 2.65 bits per heavy atom. The molecule has 0 atom stereocenters. The highest BCUT2D eigenvalue weighted by Crippen LogP contribution is 2.43. The zero-order chi connectivity index (χ0) is 16.4. The Hall–Kier alpha value is -2.62. The predicted octanol–water partition coefficient (Wildman–Crippen LogP) is 1.35. The molecule has 0 bridgehead atoms. The van der Waals surface area contributed by atoms with Crippen LogP contribution >= 0.6 is 0 Å². The third kappa shape index (κ3) is 2.84. The second-order valence-electron chi connectivity index (χ2n) is 6.03. The molecule has 2 aliphatic rings. The number of rotatable bonds is 5. The molecule has 23 heavy (non-hydrogen) atoms. The number of methoxy groups -OCH3 is 1. The number of hydrogen-bond donors (Lipinski definition) is 2. The molecule has 3 rings (SSSR count). The number of pyridine rings is 1. The van der Waals surface area contributed by atoms with Gasteiger partial charge in [-0.1, -0.05) is 6.42 Å². The van der Waals surface area contributed by atoms with Gasteiger partial charge < -0.3 is 15.4 Å². The van der Waals surface area contributed by atoms with Crippen LogP contribution in [0.1, 0.15) is 37.7 Å². The van der Waals surface area contributed by atoms with Gasteiger partial charge in [-0.25, -0.2) is 4.98 Å². The molecule has 2 saturated carbocycles. The highest BCUT2D eigenvalue weighted by Gasteiger charge is 2.51. The summed E-state index contributed by atoms with van der Waals surface area (Å²) in [4.78, 5) is 29.0. The number of carbonyl (C=O) groups excluding carboxylic acids is 2. The van der Waals surface area contributed by atoms with Gasteiger partial charge >= 0.3 is 0 Å². The fourth-order valence-corrected chi connectivity index (χ4v) is 2.65. The van der Waals surface area contributed by atoms with Gasteiger partial charge in [-0.2, -0.15) is 5.26 Å². The lowest BCUT2D eigenvalue weighted by Gasteiger charge is -2.38. The molecule has 2 fully saturated rings. The van der Waals surface area contributed by atoms with Crippen LogP contribution < -0.4 is 15.4 Å². The van der Waals surface area contributed by atoms with E-state index in [4.69, 9.17) is 10.00 Å². The number of amides is 2. The summed E-state index contributed by atoms with van der Waals surface area (Å²) in [6, 6.07) is 3.68. The van der Waals surface area contributed by atoms with Crippen molar-refractivity contribution in [3.8, 4) is 11.9 Å². The first-order valence-electron chi connectivity index (χ1n) is 7.65. The normalized spacial score (nSPS) is 18.3. The SMILES string of the molecule is COc1ncc(NC(=O)C2(C(=O)NC3CC3)CCC2)cc1C#N. The van der Waals surface area contributed by atoms with Crippen molar-refractivity contribution in [2.24, 2.45) is 5.41 Å². The lowest BCUT2D eigenvalue weighted by molar-refractivity contribution is -0.146. The first-order chi connectivity index (χ1) is 11.1. The van der Waals surface area contributed by atoms with Crippen LogP contribution in [0.2, 0.25) is 0 Å². The summed E-state index contributed by atoms with van der Waals surface area (Å²) in [6.07, 6.45) is 5.34. The smallest absolute Gasteiger partial charge is 0.240 e. The molecule has 1 aromatic rings. The number of nitriles is 1. The Bertz CT molecular complexity index is 687. The van der Waals surface area contributed by atoms with E-state index in [9.17, 15) is 9.59 Å². The van der Waals surface area contributed by atoms with E-state index in [1.165, 1.54) is 19.4 Å². The summed E-state index contributed by atoms with van der Waals surface area (Å²) in [5, 5.41) is 14.7. The van der Waals surface area contributed by atoms with E-state index in [2.05, 4.69) is 15.6 Å². The maximum Gasteiger partial charge on any atom is 0.240 e. The monoisotopic (exact) mass is 314 g/mol. The van der Waals surface area contributed by atoms with E-state index >= 15 is 0 Å². The van der Waals surface area contributed by atoms with E-state index in [1.54, 1.807) is 0 Å². The highest BCUT2D eigenvalue weighted by molar-refractivity contribution is 6.11. The van der Waals surface area contributed by atoms with Crippen LogP contribution in [0.4, 0.5) is 5.69 Å². The highest BCUT2D eigenvalue weighted by atomic mass is 16.5. The summed E-state index contributed by atoms with van der Waals surface area (Å²) in [6.45, 7) is 0. The number of aromatic nitrogens is 1. The molecular formula is C16H18N4O3. The van der Waals surface area contributed by atoms with Gasteiger partial charge in [0.05, 0.1) is 19.0 Å². The maximum atomic E-state index is 12.6. The molecule has 0 aromatic carbocycles. The standard InChI is InChI=1S/C16H18N4O3/c1-23-13-10(8-17)7-12(9-18-13)20-15(22)16(5-2-6-16)14(21)19-11-3-4-11/h7,9,11H,2-6H2,1H3,(H,19,21)(H,20,22). The fraction of sp³-hybridized carbons (Fsp3) is 0.500. The molecule has 0 unspecified atom stereocenters. The van der Waals surface area contributed by atoms with Crippen LogP contribution in [0.3, 0.4) is 0 Å². The van der Waals surface area contributed by atoms with Crippen molar-refractivity contribution in [1.82, 2.24) is 10.3 Å². The molecule has 0 aliphatic heterocycles. The molecule has 2 aliphatic carbocycles. The number of nitrogens with one attached hydrogen (secondary N) is 2. The topological polar surface area (TPSA) is 104 Å². The number of hydrogen-bond acceptors (Lipinski definition) is 5. The van der Waals surface area contributed by atoms with Gasteiger partial charge in [-0.05, 0) is 31.7 Å². The number of ether oxygens (including phenoxy) is 1. The summed E-state index contributed by atoms with van der Waals surface area (Å²) in [5.41, 5.74) is -0.372. The van der Waals surface area contributed by atoms with Gasteiger partial charge in [-0.3, -0.25) is 9.59 Å². The van der Waals surface area contributed by atoms with Gasteiger partial charge in [0, 0.05) is 6.04 Å². The molecule has 0 saturated heterocycles. The Balaban J connectivity index is 1.75. The molecule has 7 nitrogen and oxygen atoms in total. The molecule has 1 aromatic heterocycles. The Labute approximate surface area is 134 Å². The summed E-state index contributed by atoms with van der Waals surface area (Å²) < 4.78 is 4.97. The second kappa shape index (κ2) is 5.88. The minimum atomic E-state index is -0.991. The number of anilines is 1. The summed E-state index contributed by atoms with van der Waals surface area (Å²) in [7, 11) is 1.42. The minimum absolute atomic E-state index is 0.189. The largest absolute Gasteiger partial charge is 0.480 e. The van der Waals surface area contributed by atoms with E-state index in [0.717, 1.165) is 19.3 Å². The van der Waals surface area contributed by atoms with Gasteiger partial charge in [0.2, 0.25) is 17.7 Å². The van der Waals surface area contributed by atoms with Crippen LogP contribution in [0, 0.1) is 16.7 Å². The molecular weight excluding hydrogens is 296 g/mol. The second-order valence-corrected chi connectivity index (χ2v) is 6.03. The van der Waals surface area contributed by atoms with Crippen molar-refractivity contribution in [2.45, 2.75) is 38.1 Å². The third-order valence-corrected chi connectivity index (χ3v) is 4.41. The summed E-state index contributed by atoms with van der Waals surface area (Å²) >= 11 is 0. The van der Waals surface area contributed by atoms with Crippen LogP contribution in [0.15, 0.2) is 12.3 Å². The average molecular weight is 314 g/mol. The molecule has 0 spiro atoms. The maximum absolute atomic E-state index is 12.6. The van der Waals surface area contributed by atoms with Crippen LogP contribution in [0.25, 0.3) is 0 Å². The van der Waals surface area contributed by atoms with E-state index in [-0.39, 0.29) is 29.3 Å². The van der Waals surface area contributed by atoms with Gasteiger partial charge in [0.15, 0.2) is 0 Å². The molecule has 1 heterocycles. The van der Waals surface area contributed by atoms with E-state index in [0.29, 0.717) is 18.5 Å². The van der Waals surface area contributed by atoms with Crippen molar-refractivity contribution in [2.75, 3.05) is 12.4 Å². The van der Waals surface area contributed by atoms with Crippen LogP contribution in [-0.4, -0.2) is 29.9 Å². The molecule has 120 valence electrons. The predicted molar refractivity (Wildman–Crippen MR) is 81.6 cm³/mol. The van der Waals surface area contributed by atoms with Crippen molar-refractivity contribution < 1.29 is 14.3 Å². The van der Waals surface area contributed by atoms with E-state index in [1.807, 2.05) is 6.07 Å². The van der Waals surface area contributed by atoms with Crippen LogP contribution in [0.5, 0.6) is 5.88 Å². The zero-order valence-corrected chi connectivity index (χ0v) is 12.9.